The van der Waals surface area contributed by atoms with Gasteiger partial charge >= 0.3 is 17.9 Å². The fourth-order valence-electron chi connectivity index (χ4n) is 10.4. The quantitative estimate of drug-likeness (QED) is 0.0153. The number of aliphatic carboxylic acids is 3. The Kier molecular flexibility index (Phi) is 42.4. The number of guanidine groups is 1. The van der Waals surface area contributed by atoms with Gasteiger partial charge in [-0.05, 0) is 95.9 Å². The molecule has 31 N–H and O–H groups in total. The Morgan fingerprint density at radius 3 is 1.36 bits per heavy atom. The molecule has 0 bridgehead atoms. The fraction of sp³-hybridized carbons (Fsp3) is 0.677. The van der Waals surface area contributed by atoms with Gasteiger partial charge < -0.3 is 134 Å². The van der Waals surface area contributed by atoms with Crippen LogP contribution in [0.3, 0.4) is 0 Å². The number of rotatable bonds is 52. The predicted octanol–water partition coefficient (Wildman–Crippen LogP) is -11.5. The van der Waals surface area contributed by atoms with Crippen molar-refractivity contribution in [2.24, 2.45) is 57.0 Å². The minimum absolute atomic E-state index is 0.0189. The molecule has 0 aromatic carbocycles. The minimum atomic E-state index is -2.14. The molecule has 1 heterocycles. The molecule has 107 heavy (non-hydrogen) atoms. The maximum atomic E-state index is 14.5. The van der Waals surface area contributed by atoms with Gasteiger partial charge in [0.25, 0.3) is 0 Å². The Labute approximate surface area is 614 Å². The van der Waals surface area contributed by atoms with Crippen LogP contribution in [0.5, 0.6) is 0 Å². The number of aliphatic hydroxyl groups is 2. The van der Waals surface area contributed by atoms with Crippen molar-refractivity contribution >= 4 is 118 Å². The molecule has 0 saturated carbocycles. The standard InChI is InChI=1S/C62H105N21O24/c1-28(2)20-36(77-50(95)31(64)26-84)56(101)79-39(23-45(67)88)57(102)78-37(21-29(3)4)55(100)75-34(13-15-43(65)86)54(99)74-33(10-6-7-17-63)53(98)80-40(24-48(92)93)58(103)76-35(14-16-47(90)91)60(105)83-19-9-12-42(83)59(104)81-38(22-44(66)87)51(96)71-25-46(89)73-32(11-8-18-70-62(68)69)52(97)72-30(5)49(94)82-41(27-85)61(106)107/h28-42,84-85H,6-27,63-64H2,1-5H3,(H2,65,86)(H2,66,87)(H2,67,88)(H,71,96)(H,72,97)(H,73,89)(H,74,99)(H,75,100)(H,76,103)(H,77,95)(H,78,102)(H,79,101)(H,80,98)(H,81,104)(H,82,94)(H,90,91)(H,92,93)(H,106,107)(H4,68,69,70)/t30-,31-,32-,33-,34-,35-,36-,37-,38-,39-,40-,41-,42-/m0/s1. The summed E-state index contributed by atoms with van der Waals surface area (Å²) < 4.78 is 0. The molecule has 0 aromatic heterocycles. The van der Waals surface area contributed by atoms with E-state index in [-0.39, 0.29) is 89.3 Å². The molecule has 1 saturated heterocycles. The molecule has 45 heteroatoms. The number of aliphatic hydroxyl groups excluding tert-OH is 2. The average molecular weight is 1530 g/mol. The van der Waals surface area contributed by atoms with Crippen molar-refractivity contribution in [3.63, 3.8) is 0 Å². The second-order valence-corrected chi connectivity index (χ2v) is 26.0. The summed E-state index contributed by atoms with van der Waals surface area (Å²) in [6.07, 6.45) is -6.24. The fourth-order valence-corrected chi connectivity index (χ4v) is 10.4. The van der Waals surface area contributed by atoms with Crippen molar-refractivity contribution in [3.8, 4) is 0 Å². The van der Waals surface area contributed by atoms with Crippen LogP contribution < -0.4 is 104 Å². The lowest BCUT2D eigenvalue weighted by Crippen LogP contribution is -2.61. The molecule has 13 atom stereocenters. The van der Waals surface area contributed by atoms with Crippen LogP contribution in [0.1, 0.15) is 137 Å². The lowest BCUT2D eigenvalue weighted by Gasteiger charge is -2.30. The molecule has 0 spiro atoms. The van der Waals surface area contributed by atoms with E-state index in [0.717, 1.165) is 11.8 Å². The molecule has 0 radical (unpaired) electrons. The molecule has 1 rings (SSSR count). The normalized spacial score (nSPS) is 15.8. The highest BCUT2D eigenvalue weighted by Gasteiger charge is 2.42. The molecule has 1 fully saturated rings. The van der Waals surface area contributed by atoms with Gasteiger partial charge in [0.2, 0.25) is 94.5 Å². The number of likely N-dealkylation sites (tertiary alicyclic amines) is 1. The van der Waals surface area contributed by atoms with Gasteiger partial charge in [0, 0.05) is 25.9 Å². The number of nitrogens with one attached hydrogen (secondary N) is 12. The summed E-state index contributed by atoms with van der Waals surface area (Å²) in [6, 6.07) is -21.8. The summed E-state index contributed by atoms with van der Waals surface area (Å²) in [6.45, 7) is 4.82. The van der Waals surface area contributed by atoms with Crippen molar-refractivity contribution in [3.05, 3.63) is 0 Å². The Morgan fingerprint density at radius 1 is 0.449 bits per heavy atom. The summed E-state index contributed by atoms with van der Waals surface area (Å²) in [4.78, 5) is 256. The molecular formula is C62H105N21O24. The maximum Gasteiger partial charge on any atom is 0.328 e. The van der Waals surface area contributed by atoms with Gasteiger partial charge in [-0.25, -0.2) is 4.79 Å². The van der Waals surface area contributed by atoms with Gasteiger partial charge in [-0.3, -0.25) is 91.3 Å². The highest BCUT2D eigenvalue weighted by Crippen LogP contribution is 2.21. The highest BCUT2D eigenvalue weighted by molar-refractivity contribution is 6.01. The van der Waals surface area contributed by atoms with Crippen LogP contribution in [-0.2, 0) is 91.1 Å². The first kappa shape index (κ1) is 94.1. The van der Waals surface area contributed by atoms with E-state index in [2.05, 4.69) is 63.5 Å². The lowest BCUT2D eigenvalue weighted by molar-refractivity contribution is -0.144. The summed E-state index contributed by atoms with van der Waals surface area (Å²) in [7, 11) is 0. The summed E-state index contributed by atoms with van der Waals surface area (Å²) in [5.41, 5.74) is 38.4. The molecule has 45 nitrogen and oxygen atoms in total. The number of carbonyl (C=O) groups is 19. The van der Waals surface area contributed by atoms with Gasteiger partial charge in [-0.15, -0.1) is 0 Å². The third-order valence-electron chi connectivity index (χ3n) is 15.9. The van der Waals surface area contributed by atoms with Crippen LogP contribution in [0, 0.1) is 11.8 Å². The topological polar surface area (TPSA) is 768 Å². The zero-order valence-corrected chi connectivity index (χ0v) is 60.1. The van der Waals surface area contributed by atoms with Crippen LogP contribution in [0.15, 0.2) is 4.99 Å². The first-order chi connectivity index (χ1) is 50.0. The minimum Gasteiger partial charge on any atom is -0.481 e. The van der Waals surface area contributed by atoms with Crippen molar-refractivity contribution in [2.75, 3.05) is 39.4 Å². The molecule has 1 aliphatic rings. The van der Waals surface area contributed by atoms with Crippen LogP contribution in [0.2, 0.25) is 0 Å². The number of amides is 16. The predicted molar refractivity (Wildman–Crippen MR) is 371 cm³/mol. The van der Waals surface area contributed by atoms with E-state index >= 15 is 0 Å². The van der Waals surface area contributed by atoms with Gasteiger partial charge in [0.15, 0.2) is 5.96 Å². The number of nitrogens with zero attached hydrogens (tertiary/aromatic N) is 2. The second kappa shape index (κ2) is 48.2. The number of aliphatic imine (C=N–C) groups is 1. The number of carbonyl (C=O) groups excluding carboxylic acids is 16. The Morgan fingerprint density at radius 2 is 0.888 bits per heavy atom. The zero-order chi connectivity index (χ0) is 81.5. The smallest absolute Gasteiger partial charge is 0.328 e. The third kappa shape index (κ3) is 36.5. The number of carboxylic acids is 3. The van der Waals surface area contributed by atoms with E-state index < -0.39 is 262 Å². The van der Waals surface area contributed by atoms with Crippen LogP contribution in [-0.4, -0.2) is 267 Å². The Balaban J connectivity index is 3.60. The average Bonchev–Trinajstić information content (AvgIpc) is 1.75. The Bertz CT molecular complexity index is 3190. The van der Waals surface area contributed by atoms with Gasteiger partial charge in [-0.1, -0.05) is 27.7 Å². The van der Waals surface area contributed by atoms with E-state index in [1.54, 1.807) is 27.7 Å². The highest BCUT2D eigenvalue weighted by atomic mass is 16.4. The number of unbranched alkanes of at least 4 members (excludes halogenated alkanes) is 1. The van der Waals surface area contributed by atoms with Crippen molar-refractivity contribution in [1.82, 2.24) is 68.7 Å². The second-order valence-electron chi connectivity index (χ2n) is 26.0. The zero-order valence-electron chi connectivity index (χ0n) is 60.1. The van der Waals surface area contributed by atoms with Crippen molar-refractivity contribution in [1.29, 1.82) is 0 Å². The number of nitrogens with two attached hydrogens (primary N) is 7. The summed E-state index contributed by atoms with van der Waals surface area (Å²) in [5.74, 6) is -23.6. The molecule has 0 aromatic rings. The van der Waals surface area contributed by atoms with Gasteiger partial charge in [0.05, 0.1) is 39.0 Å². The monoisotopic (exact) mass is 1530 g/mol. The van der Waals surface area contributed by atoms with Crippen molar-refractivity contribution < 1.29 is 117 Å². The first-order valence-electron chi connectivity index (χ1n) is 34.2. The third-order valence-corrected chi connectivity index (χ3v) is 15.9. The molecule has 1 aliphatic heterocycles. The number of hydrogen-bond donors (Lipinski definition) is 24. The van der Waals surface area contributed by atoms with E-state index in [0.29, 0.717) is 0 Å². The molecular weight excluding hydrogens is 1420 g/mol. The largest absolute Gasteiger partial charge is 0.481 e. The van der Waals surface area contributed by atoms with Crippen molar-refractivity contribution in [2.45, 2.75) is 216 Å². The van der Waals surface area contributed by atoms with E-state index in [9.17, 15) is 117 Å². The first-order valence-corrected chi connectivity index (χ1v) is 34.2. The van der Waals surface area contributed by atoms with E-state index in [1.165, 1.54) is 0 Å². The lowest BCUT2D eigenvalue weighted by atomic mass is 10.00. The van der Waals surface area contributed by atoms with E-state index in [4.69, 9.17) is 40.1 Å². The summed E-state index contributed by atoms with van der Waals surface area (Å²) in [5, 5.41) is 75.0. The number of primary amides is 3. The molecule has 0 unspecified atom stereocenters. The van der Waals surface area contributed by atoms with Crippen LogP contribution in [0.25, 0.3) is 0 Å². The van der Waals surface area contributed by atoms with E-state index in [1.807, 2.05) is 5.32 Å². The van der Waals surface area contributed by atoms with Gasteiger partial charge in [-0.2, -0.15) is 0 Å². The number of hydrogen-bond acceptors (Lipinski definition) is 24. The Hall–Kier alpha value is -11.0. The maximum absolute atomic E-state index is 14.5. The van der Waals surface area contributed by atoms with Crippen LogP contribution in [0.4, 0.5) is 0 Å². The molecule has 16 amide bonds. The summed E-state index contributed by atoms with van der Waals surface area (Å²) >= 11 is 0. The number of carboxylic acid groups (broad SMARTS) is 3. The molecule has 602 valence electrons. The SMILES string of the molecule is CC(C)C[C@H](NC(=O)[C@H](CC(N)=O)NC(=O)[C@H](CC(C)C)NC(=O)[C@@H](N)CO)C(=O)N[C@@H](CCC(N)=O)C(=O)N[C@@H](CCCCN)C(=O)N[C@@H](CC(=O)O)C(=O)N[C@@H](CCC(=O)O)C(=O)N1CCC[C@H]1C(=O)N[C@@H](CC(N)=O)C(=O)NCC(=O)N[C@@H](CCCN=C(N)N)C(=O)N[C@@H](C)C(=O)N[C@@H](CO)C(=O)O. The van der Waals surface area contributed by atoms with Gasteiger partial charge in [0.1, 0.15) is 78.5 Å². The molecule has 0 aliphatic carbocycles. The van der Waals surface area contributed by atoms with Crippen LogP contribution >= 0.6 is 0 Å².